The molecule has 1 aromatic heterocycles. The van der Waals surface area contributed by atoms with Crippen molar-refractivity contribution in [1.29, 1.82) is 0 Å². The molecular formula is C15H18FNS. The quantitative estimate of drug-likeness (QED) is 0.886. The smallest absolute Gasteiger partial charge is 0.128 e. The average Bonchev–Trinajstić information content (AvgIpc) is 2.75. The SMILES string of the molecule is CCc1ccsc1C(N)c1c(C)cc(C)cc1F. The molecule has 0 spiro atoms. The molecule has 0 saturated carbocycles. The second-order valence-electron chi connectivity index (χ2n) is 4.62. The second kappa shape index (κ2) is 5.21. The van der Waals surface area contributed by atoms with Crippen LogP contribution in [0.1, 0.15) is 40.1 Å². The van der Waals surface area contributed by atoms with Crippen LogP contribution in [0.4, 0.5) is 4.39 Å². The van der Waals surface area contributed by atoms with E-state index in [2.05, 4.69) is 13.0 Å². The normalized spacial score (nSPS) is 12.7. The molecule has 1 heterocycles. The number of hydrogen-bond acceptors (Lipinski definition) is 2. The molecule has 1 atom stereocenters. The number of nitrogens with two attached hydrogens (primary N) is 1. The van der Waals surface area contributed by atoms with Crippen LogP contribution in [-0.2, 0) is 6.42 Å². The minimum absolute atomic E-state index is 0.199. The van der Waals surface area contributed by atoms with Gasteiger partial charge in [-0.3, -0.25) is 0 Å². The van der Waals surface area contributed by atoms with E-state index in [1.165, 1.54) is 5.56 Å². The Morgan fingerprint density at radius 1 is 1.33 bits per heavy atom. The molecule has 0 bridgehead atoms. The van der Waals surface area contributed by atoms with E-state index in [0.29, 0.717) is 5.56 Å². The first-order valence-electron chi connectivity index (χ1n) is 6.13. The fraction of sp³-hybridized carbons (Fsp3) is 0.333. The van der Waals surface area contributed by atoms with Gasteiger partial charge in [-0.2, -0.15) is 0 Å². The zero-order valence-corrected chi connectivity index (χ0v) is 11.8. The lowest BCUT2D eigenvalue weighted by atomic mass is 9.96. The van der Waals surface area contributed by atoms with E-state index < -0.39 is 0 Å². The third-order valence-corrected chi connectivity index (χ3v) is 4.28. The van der Waals surface area contributed by atoms with Crippen LogP contribution in [0.5, 0.6) is 0 Å². The maximum Gasteiger partial charge on any atom is 0.128 e. The van der Waals surface area contributed by atoms with Gasteiger partial charge in [0.1, 0.15) is 5.82 Å². The van der Waals surface area contributed by atoms with Crippen LogP contribution in [0.2, 0.25) is 0 Å². The Morgan fingerprint density at radius 2 is 2.06 bits per heavy atom. The predicted molar refractivity (Wildman–Crippen MR) is 75.6 cm³/mol. The first kappa shape index (κ1) is 13.2. The number of benzene rings is 1. The highest BCUT2D eigenvalue weighted by Gasteiger charge is 2.19. The van der Waals surface area contributed by atoms with Crippen molar-refractivity contribution in [3.63, 3.8) is 0 Å². The highest BCUT2D eigenvalue weighted by molar-refractivity contribution is 7.10. The van der Waals surface area contributed by atoms with Gasteiger partial charge in [0.2, 0.25) is 0 Å². The molecule has 96 valence electrons. The van der Waals surface area contributed by atoms with E-state index >= 15 is 0 Å². The van der Waals surface area contributed by atoms with Gasteiger partial charge >= 0.3 is 0 Å². The Hall–Kier alpha value is -1.19. The summed E-state index contributed by atoms with van der Waals surface area (Å²) in [7, 11) is 0. The van der Waals surface area contributed by atoms with Crippen molar-refractivity contribution in [2.75, 3.05) is 0 Å². The maximum atomic E-state index is 14.1. The zero-order valence-electron chi connectivity index (χ0n) is 11.0. The van der Waals surface area contributed by atoms with Crippen LogP contribution in [-0.4, -0.2) is 0 Å². The number of thiophene rings is 1. The highest BCUT2D eigenvalue weighted by Crippen LogP contribution is 2.32. The summed E-state index contributed by atoms with van der Waals surface area (Å²) in [4.78, 5) is 1.07. The molecule has 2 N–H and O–H groups in total. The molecule has 2 rings (SSSR count). The summed E-state index contributed by atoms with van der Waals surface area (Å²) in [5, 5.41) is 2.02. The molecule has 1 aromatic carbocycles. The molecule has 3 heteroatoms. The van der Waals surface area contributed by atoms with Crippen molar-refractivity contribution in [3.8, 4) is 0 Å². The van der Waals surface area contributed by atoms with Crippen molar-refractivity contribution in [1.82, 2.24) is 0 Å². The summed E-state index contributed by atoms with van der Waals surface area (Å²) < 4.78 is 14.1. The summed E-state index contributed by atoms with van der Waals surface area (Å²) in [5.74, 6) is -0.199. The van der Waals surface area contributed by atoms with E-state index in [4.69, 9.17) is 5.73 Å². The lowest BCUT2D eigenvalue weighted by Gasteiger charge is -2.16. The van der Waals surface area contributed by atoms with Crippen molar-refractivity contribution in [2.24, 2.45) is 5.73 Å². The molecule has 0 radical (unpaired) electrons. The Labute approximate surface area is 111 Å². The largest absolute Gasteiger partial charge is 0.320 e. The molecule has 0 fully saturated rings. The minimum atomic E-state index is -0.361. The van der Waals surface area contributed by atoms with E-state index in [1.807, 2.05) is 25.3 Å². The van der Waals surface area contributed by atoms with Gasteiger partial charge in [-0.15, -0.1) is 11.3 Å². The van der Waals surface area contributed by atoms with Crippen LogP contribution in [0.3, 0.4) is 0 Å². The maximum absolute atomic E-state index is 14.1. The van der Waals surface area contributed by atoms with Crippen molar-refractivity contribution in [3.05, 3.63) is 56.5 Å². The number of rotatable bonds is 3. The standard InChI is InChI=1S/C15H18FNS/c1-4-11-5-6-18-15(11)14(17)13-10(3)7-9(2)8-12(13)16/h5-8,14H,4,17H2,1-3H3. The van der Waals surface area contributed by atoms with Gasteiger partial charge in [0.25, 0.3) is 0 Å². The molecule has 0 saturated heterocycles. The second-order valence-corrected chi connectivity index (χ2v) is 5.57. The summed E-state index contributed by atoms with van der Waals surface area (Å²) in [6.45, 7) is 5.91. The van der Waals surface area contributed by atoms with Gasteiger partial charge in [-0.1, -0.05) is 13.0 Å². The number of hydrogen-bond donors (Lipinski definition) is 1. The molecule has 0 amide bonds. The number of halogens is 1. The average molecular weight is 263 g/mol. The van der Waals surface area contributed by atoms with Gasteiger partial charge in [0.15, 0.2) is 0 Å². The van der Waals surface area contributed by atoms with Crippen LogP contribution in [0.15, 0.2) is 23.6 Å². The lowest BCUT2D eigenvalue weighted by Crippen LogP contribution is -2.15. The summed E-state index contributed by atoms with van der Waals surface area (Å²) in [6, 6.07) is 5.25. The Balaban J connectivity index is 2.49. The summed E-state index contributed by atoms with van der Waals surface area (Å²) >= 11 is 1.61. The molecule has 1 nitrogen and oxygen atoms in total. The van der Waals surface area contributed by atoms with Crippen molar-refractivity contribution in [2.45, 2.75) is 33.2 Å². The van der Waals surface area contributed by atoms with Crippen LogP contribution >= 0.6 is 11.3 Å². The Bertz CT molecular complexity index is 536. The fourth-order valence-electron chi connectivity index (χ4n) is 2.36. The third kappa shape index (κ3) is 2.33. The molecule has 0 aliphatic rings. The van der Waals surface area contributed by atoms with E-state index in [9.17, 15) is 4.39 Å². The Morgan fingerprint density at radius 3 is 2.67 bits per heavy atom. The van der Waals surface area contributed by atoms with E-state index in [1.54, 1.807) is 17.4 Å². The first-order valence-corrected chi connectivity index (χ1v) is 7.01. The lowest BCUT2D eigenvalue weighted by molar-refractivity contribution is 0.597. The minimum Gasteiger partial charge on any atom is -0.320 e. The van der Waals surface area contributed by atoms with Gasteiger partial charge in [-0.05, 0) is 54.5 Å². The predicted octanol–water partition coefficient (Wildman–Crippen LogP) is 4.11. The van der Waals surface area contributed by atoms with E-state index in [-0.39, 0.29) is 11.9 Å². The topological polar surface area (TPSA) is 26.0 Å². The molecule has 18 heavy (non-hydrogen) atoms. The summed E-state index contributed by atoms with van der Waals surface area (Å²) in [5.41, 5.74) is 9.96. The van der Waals surface area contributed by atoms with Gasteiger partial charge in [-0.25, -0.2) is 4.39 Å². The molecule has 0 aliphatic carbocycles. The molecule has 0 aliphatic heterocycles. The first-order chi connectivity index (χ1) is 8.54. The van der Waals surface area contributed by atoms with Gasteiger partial charge < -0.3 is 5.73 Å². The van der Waals surface area contributed by atoms with Crippen LogP contribution in [0, 0.1) is 19.7 Å². The number of aryl methyl sites for hydroxylation is 3. The highest BCUT2D eigenvalue weighted by atomic mass is 32.1. The van der Waals surface area contributed by atoms with Crippen molar-refractivity contribution >= 4 is 11.3 Å². The van der Waals surface area contributed by atoms with Crippen LogP contribution in [0.25, 0.3) is 0 Å². The van der Waals surface area contributed by atoms with Crippen LogP contribution < -0.4 is 5.73 Å². The Kier molecular flexibility index (Phi) is 3.83. The molecule has 1 unspecified atom stereocenters. The molecular weight excluding hydrogens is 245 g/mol. The fourth-order valence-corrected chi connectivity index (χ4v) is 3.37. The van der Waals surface area contributed by atoms with E-state index in [0.717, 1.165) is 22.4 Å². The summed E-state index contributed by atoms with van der Waals surface area (Å²) in [6.07, 6.45) is 0.930. The third-order valence-electron chi connectivity index (χ3n) is 3.24. The molecule has 2 aromatic rings. The van der Waals surface area contributed by atoms with Gasteiger partial charge in [0, 0.05) is 10.4 Å². The zero-order chi connectivity index (χ0) is 13.3. The van der Waals surface area contributed by atoms with Gasteiger partial charge in [0.05, 0.1) is 6.04 Å². The monoisotopic (exact) mass is 263 g/mol. The van der Waals surface area contributed by atoms with Crippen molar-refractivity contribution < 1.29 is 4.39 Å².